The van der Waals surface area contributed by atoms with E-state index in [0.29, 0.717) is 0 Å². The monoisotopic (exact) mass is 236 g/mol. The molecule has 3 nitrogen and oxygen atoms in total. The number of hydrogen-bond donors (Lipinski definition) is 1. The summed E-state index contributed by atoms with van der Waals surface area (Å²) in [5.41, 5.74) is 0.317. The fourth-order valence-corrected chi connectivity index (χ4v) is 4.60. The van der Waals surface area contributed by atoms with Gasteiger partial charge in [0.05, 0.1) is 5.60 Å². The van der Waals surface area contributed by atoms with Crippen molar-refractivity contribution in [2.24, 2.45) is 0 Å². The summed E-state index contributed by atoms with van der Waals surface area (Å²) >= 11 is 0. The molecular formula is C14H24N2O. The SMILES string of the molecule is CN1C2CCC1CC1(C2)NCCC2(CCC2)O1. The fraction of sp³-hybridized carbons (Fsp3) is 1.00. The van der Waals surface area contributed by atoms with Gasteiger partial charge in [0.1, 0.15) is 5.72 Å². The van der Waals surface area contributed by atoms with E-state index in [1.807, 2.05) is 0 Å². The van der Waals surface area contributed by atoms with E-state index in [0.717, 1.165) is 12.1 Å². The zero-order chi connectivity index (χ0) is 11.5. The summed E-state index contributed by atoms with van der Waals surface area (Å²) < 4.78 is 6.63. The largest absolute Gasteiger partial charge is 0.354 e. The Morgan fingerprint density at radius 1 is 1.12 bits per heavy atom. The smallest absolute Gasteiger partial charge is 0.122 e. The van der Waals surface area contributed by atoms with E-state index in [2.05, 4.69) is 17.3 Å². The average molecular weight is 236 g/mol. The van der Waals surface area contributed by atoms with E-state index in [1.54, 1.807) is 0 Å². The van der Waals surface area contributed by atoms with Crippen LogP contribution in [0.5, 0.6) is 0 Å². The molecular weight excluding hydrogens is 212 g/mol. The summed E-state index contributed by atoms with van der Waals surface area (Å²) in [7, 11) is 2.30. The second-order valence-corrected chi connectivity index (χ2v) is 6.77. The second kappa shape index (κ2) is 3.46. The first kappa shape index (κ1) is 10.8. The molecule has 1 aliphatic carbocycles. The molecule has 1 saturated carbocycles. The van der Waals surface area contributed by atoms with Gasteiger partial charge in [-0.05, 0) is 45.6 Å². The molecule has 0 radical (unpaired) electrons. The first-order valence-electron chi connectivity index (χ1n) is 7.38. The Bertz CT molecular complexity index is 312. The molecule has 2 spiro atoms. The van der Waals surface area contributed by atoms with Crippen LogP contribution in [-0.2, 0) is 4.74 Å². The third-order valence-corrected chi connectivity index (χ3v) is 5.82. The van der Waals surface area contributed by atoms with Crippen LogP contribution in [0.15, 0.2) is 0 Å². The summed E-state index contributed by atoms with van der Waals surface area (Å²) in [6.45, 7) is 1.17. The Kier molecular flexibility index (Phi) is 2.19. The van der Waals surface area contributed by atoms with Crippen LogP contribution in [0, 0.1) is 0 Å². The summed E-state index contributed by atoms with van der Waals surface area (Å²) in [6, 6.07) is 1.52. The Balaban J connectivity index is 1.57. The molecule has 2 bridgehead atoms. The van der Waals surface area contributed by atoms with E-state index < -0.39 is 0 Å². The molecule has 3 heterocycles. The molecule has 3 heteroatoms. The molecule has 4 aliphatic rings. The highest BCUT2D eigenvalue weighted by Crippen LogP contribution is 2.49. The second-order valence-electron chi connectivity index (χ2n) is 6.77. The van der Waals surface area contributed by atoms with Gasteiger partial charge < -0.3 is 9.64 Å². The lowest BCUT2D eigenvalue weighted by molar-refractivity contribution is -0.250. The summed E-state index contributed by atoms with van der Waals surface area (Å²) in [6.07, 6.45) is 10.4. The van der Waals surface area contributed by atoms with Crippen molar-refractivity contribution in [1.82, 2.24) is 10.2 Å². The molecule has 0 aromatic rings. The van der Waals surface area contributed by atoms with Crippen LogP contribution in [0.2, 0.25) is 0 Å². The highest BCUT2D eigenvalue weighted by Gasteiger charge is 2.54. The van der Waals surface area contributed by atoms with Gasteiger partial charge in [0.25, 0.3) is 0 Å². The lowest BCUT2D eigenvalue weighted by atomic mass is 9.75. The molecule has 0 amide bonds. The van der Waals surface area contributed by atoms with Crippen molar-refractivity contribution in [2.75, 3.05) is 13.6 Å². The van der Waals surface area contributed by atoms with Crippen LogP contribution in [0.4, 0.5) is 0 Å². The molecule has 2 atom stereocenters. The quantitative estimate of drug-likeness (QED) is 0.695. The standard InChI is InChI=1S/C14H24N2O/c1-16-11-3-4-12(16)10-14(9-11)15-8-7-13(17-14)5-2-6-13/h11-12,15H,2-10H2,1H3. The summed E-state index contributed by atoms with van der Waals surface area (Å²) in [5.74, 6) is 0. The van der Waals surface area contributed by atoms with E-state index in [-0.39, 0.29) is 11.3 Å². The van der Waals surface area contributed by atoms with Gasteiger partial charge in [0, 0.05) is 31.5 Å². The highest BCUT2D eigenvalue weighted by molar-refractivity contribution is 5.05. The molecule has 4 rings (SSSR count). The van der Waals surface area contributed by atoms with E-state index in [4.69, 9.17) is 4.74 Å². The van der Waals surface area contributed by atoms with Gasteiger partial charge in [0.15, 0.2) is 0 Å². The lowest BCUT2D eigenvalue weighted by Crippen LogP contribution is -2.66. The Labute approximate surface area is 104 Å². The van der Waals surface area contributed by atoms with E-state index >= 15 is 0 Å². The van der Waals surface area contributed by atoms with Gasteiger partial charge in [-0.2, -0.15) is 0 Å². The van der Waals surface area contributed by atoms with Crippen LogP contribution >= 0.6 is 0 Å². The Morgan fingerprint density at radius 2 is 1.82 bits per heavy atom. The maximum absolute atomic E-state index is 6.63. The molecule has 17 heavy (non-hydrogen) atoms. The van der Waals surface area contributed by atoms with Gasteiger partial charge in [0.2, 0.25) is 0 Å². The number of fused-ring (bicyclic) bond motifs is 2. The third kappa shape index (κ3) is 1.52. The molecule has 3 saturated heterocycles. The van der Waals surface area contributed by atoms with Crippen LogP contribution < -0.4 is 5.32 Å². The predicted octanol–water partition coefficient (Wildman–Crippen LogP) is 1.87. The minimum Gasteiger partial charge on any atom is -0.354 e. The maximum Gasteiger partial charge on any atom is 0.122 e. The van der Waals surface area contributed by atoms with Crippen LogP contribution in [-0.4, -0.2) is 41.9 Å². The molecule has 1 N–H and O–H groups in total. The maximum atomic E-state index is 6.63. The molecule has 96 valence electrons. The Morgan fingerprint density at radius 3 is 2.41 bits per heavy atom. The van der Waals surface area contributed by atoms with Gasteiger partial charge in [-0.1, -0.05) is 0 Å². The van der Waals surface area contributed by atoms with Gasteiger partial charge in [-0.25, -0.2) is 0 Å². The van der Waals surface area contributed by atoms with Crippen molar-refractivity contribution < 1.29 is 4.74 Å². The van der Waals surface area contributed by atoms with Crippen LogP contribution in [0.1, 0.15) is 51.4 Å². The molecule has 0 aromatic heterocycles. The molecule has 2 unspecified atom stereocenters. The normalized spacial score (nSPS) is 48.5. The van der Waals surface area contributed by atoms with E-state index in [9.17, 15) is 0 Å². The minimum atomic E-state index is 0.0387. The third-order valence-electron chi connectivity index (χ3n) is 5.82. The molecule has 3 aliphatic heterocycles. The first-order chi connectivity index (χ1) is 8.21. The van der Waals surface area contributed by atoms with Crippen LogP contribution in [0.25, 0.3) is 0 Å². The Hall–Kier alpha value is -0.120. The van der Waals surface area contributed by atoms with Gasteiger partial charge in [-0.3, -0.25) is 5.32 Å². The van der Waals surface area contributed by atoms with Crippen molar-refractivity contribution in [2.45, 2.75) is 74.8 Å². The average Bonchev–Trinajstić information content (AvgIpc) is 2.51. The zero-order valence-electron chi connectivity index (χ0n) is 10.9. The van der Waals surface area contributed by atoms with Crippen molar-refractivity contribution in [3.63, 3.8) is 0 Å². The van der Waals surface area contributed by atoms with Crippen molar-refractivity contribution in [1.29, 1.82) is 0 Å². The van der Waals surface area contributed by atoms with Crippen molar-refractivity contribution >= 4 is 0 Å². The number of hydrogen-bond acceptors (Lipinski definition) is 3. The van der Waals surface area contributed by atoms with Crippen molar-refractivity contribution in [3.05, 3.63) is 0 Å². The van der Waals surface area contributed by atoms with Gasteiger partial charge >= 0.3 is 0 Å². The topological polar surface area (TPSA) is 24.5 Å². The number of nitrogens with one attached hydrogen (secondary N) is 1. The molecule has 4 fully saturated rings. The van der Waals surface area contributed by atoms with Crippen molar-refractivity contribution in [3.8, 4) is 0 Å². The molecule has 0 aromatic carbocycles. The number of rotatable bonds is 0. The number of piperidine rings is 1. The number of nitrogens with zero attached hydrogens (tertiary/aromatic N) is 1. The van der Waals surface area contributed by atoms with Crippen LogP contribution in [0.3, 0.4) is 0 Å². The highest BCUT2D eigenvalue weighted by atomic mass is 16.5. The summed E-state index contributed by atoms with van der Waals surface area (Å²) in [4.78, 5) is 2.60. The lowest BCUT2D eigenvalue weighted by Gasteiger charge is -2.56. The summed E-state index contributed by atoms with van der Waals surface area (Å²) in [5, 5.41) is 3.73. The van der Waals surface area contributed by atoms with E-state index in [1.165, 1.54) is 57.9 Å². The first-order valence-corrected chi connectivity index (χ1v) is 7.38. The fourth-order valence-electron chi connectivity index (χ4n) is 4.60. The zero-order valence-corrected chi connectivity index (χ0v) is 10.9. The predicted molar refractivity (Wildman–Crippen MR) is 66.8 cm³/mol. The minimum absolute atomic E-state index is 0.0387. The number of ether oxygens (including phenoxy) is 1. The van der Waals surface area contributed by atoms with Gasteiger partial charge in [-0.15, -0.1) is 0 Å².